The van der Waals surface area contributed by atoms with Gasteiger partial charge >= 0.3 is 0 Å². The van der Waals surface area contributed by atoms with Gasteiger partial charge in [-0.3, -0.25) is 9.59 Å². The predicted octanol–water partition coefficient (Wildman–Crippen LogP) is 4.93. The quantitative estimate of drug-likeness (QED) is 0.655. The van der Waals surface area contributed by atoms with Crippen LogP contribution in [-0.2, 0) is 9.59 Å². The highest BCUT2D eigenvalue weighted by Gasteiger charge is 2.59. The van der Waals surface area contributed by atoms with Crippen molar-refractivity contribution in [2.75, 3.05) is 10.6 Å². The number of nitrogens with zero attached hydrogens (tertiary/aromatic N) is 1. The fourth-order valence-electron chi connectivity index (χ4n) is 5.91. The van der Waals surface area contributed by atoms with Crippen LogP contribution in [-0.4, -0.2) is 21.1 Å². The van der Waals surface area contributed by atoms with E-state index in [4.69, 9.17) is 0 Å². The fraction of sp³-hybridized carbons (Fsp3) is 0.550. The van der Waals surface area contributed by atoms with Crippen LogP contribution in [0, 0.1) is 17.3 Å². The van der Waals surface area contributed by atoms with Crippen LogP contribution in [0.5, 0.6) is 0 Å². The van der Waals surface area contributed by atoms with Crippen molar-refractivity contribution >= 4 is 60.1 Å². The van der Waals surface area contributed by atoms with Crippen LogP contribution in [0.4, 0.5) is 10.8 Å². The number of thiazole rings is 1. The van der Waals surface area contributed by atoms with E-state index in [0.29, 0.717) is 17.0 Å². The van der Waals surface area contributed by atoms with Crippen LogP contribution in [0.2, 0.25) is 0 Å². The average Bonchev–Trinajstić information content (AvgIpc) is 2.93. The minimum Gasteiger partial charge on any atom is -0.326 e. The van der Waals surface area contributed by atoms with E-state index >= 15 is 0 Å². The molecule has 142 valence electrons. The van der Waals surface area contributed by atoms with Crippen LogP contribution in [0.15, 0.2) is 18.2 Å². The molecule has 2 N–H and O–H groups in total. The summed E-state index contributed by atoms with van der Waals surface area (Å²) >= 11 is 5.44. The molecule has 1 aromatic carbocycles. The van der Waals surface area contributed by atoms with Gasteiger partial charge < -0.3 is 10.6 Å². The SMILES string of the molecule is CC(=O)Nc1ccc2nc(NC(=O)C34CC5CC(CC(Br)(C5)C3)C4)sc2c1. The summed E-state index contributed by atoms with van der Waals surface area (Å²) in [5.74, 6) is 1.39. The number of alkyl halides is 1. The van der Waals surface area contributed by atoms with E-state index in [0.717, 1.165) is 35.2 Å². The summed E-state index contributed by atoms with van der Waals surface area (Å²) in [5.41, 5.74) is 1.35. The van der Waals surface area contributed by atoms with E-state index in [1.165, 1.54) is 37.5 Å². The van der Waals surface area contributed by atoms with Gasteiger partial charge in [0.25, 0.3) is 0 Å². The van der Waals surface area contributed by atoms with Crippen molar-refractivity contribution in [1.82, 2.24) is 4.98 Å². The number of hydrogen-bond donors (Lipinski definition) is 2. The molecule has 0 saturated heterocycles. The van der Waals surface area contributed by atoms with Gasteiger partial charge in [0, 0.05) is 16.9 Å². The predicted molar refractivity (Wildman–Crippen MR) is 111 cm³/mol. The van der Waals surface area contributed by atoms with E-state index in [2.05, 4.69) is 31.5 Å². The van der Waals surface area contributed by atoms with E-state index in [9.17, 15) is 9.59 Å². The Balaban J connectivity index is 1.39. The van der Waals surface area contributed by atoms with Crippen molar-refractivity contribution in [2.45, 2.75) is 49.8 Å². The molecule has 4 aliphatic carbocycles. The van der Waals surface area contributed by atoms with Gasteiger partial charge in [0.15, 0.2) is 5.13 Å². The molecule has 0 radical (unpaired) electrons. The Morgan fingerprint density at radius 2 is 1.93 bits per heavy atom. The Kier molecular flexibility index (Phi) is 3.92. The second-order valence-electron chi connectivity index (χ2n) is 8.73. The van der Waals surface area contributed by atoms with Gasteiger partial charge in [-0.15, -0.1) is 0 Å². The standard InChI is InChI=1S/C20H22BrN3O2S/c1-11(25)22-14-2-3-15-16(5-14)27-18(23-15)24-17(26)19-6-12-4-13(7-19)9-20(21,8-12)10-19/h2-3,5,12-13H,4,6-10H2,1H3,(H,22,25)(H,23,24,26). The molecule has 4 aliphatic rings. The Bertz CT molecular complexity index is 942. The first kappa shape index (κ1) is 17.6. The molecule has 5 nitrogen and oxygen atoms in total. The molecule has 7 heteroatoms. The summed E-state index contributed by atoms with van der Waals surface area (Å²) in [7, 11) is 0. The van der Waals surface area contributed by atoms with Gasteiger partial charge in [-0.2, -0.15) is 0 Å². The van der Waals surface area contributed by atoms with Crippen LogP contribution >= 0.6 is 27.3 Å². The van der Waals surface area contributed by atoms with Crippen LogP contribution in [0.1, 0.15) is 45.4 Å². The monoisotopic (exact) mass is 447 g/mol. The lowest BCUT2D eigenvalue weighted by Crippen LogP contribution is -2.57. The van der Waals surface area contributed by atoms with E-state index < -0.39 is 0 Å². The molecule has 1 heterocycles. The van der Waals surface area contributed by atoms with Gasteiger partial charge in [0.05, 0.1) is 15.6 Å². The Morgan fingerprint density at radius 1 is 1.19 bits per heavy atom. The first-order valence-electron chi connectivity index (χ1n) is 9.51. The topological polar surface area (TPSA) is 71.1 Å². The van der Waals surface area contributed by atoms with Crippen LogP contribution in [0.25, 0.3) is 10.2 Å². The molecule has 4 bridgehead atoms. The fourth-order valence-corrected chi connectivity index (χ4v) is 8.26. The lowest BCUT2D eigenvalue weighted by molar-refractivity contribution is -0.138. The van der Waals surface area contributed by atoms with Gasteiger partial charge in [0.1, 0.15) is 0 Å². The maximum absolute atomic E-state index is 13.3. The number of benzene rings is 1. The lowest BCUT2D eigenvalue weighted by Gasteiger charge is -2.59. The highest BCUT2D eigenvalue weighted by molar-refractivity contribution is 9.10. The molecule has 2 aromatic rings. The van der Waals surface area contributed by atoms with Crippen molar-refractivity contribution < 1.29 is 9.59 Å². The van der Waals surface area contributed by atoms with Crippen molar-refractivity contribution in [1.29, 1.82) is 0 Å². The third kappa shape index (κ3) is 3.09. The van der Waals surface area contributed by atoms with Gasteiger partial charge in [-0.25, -0.2) is 4.98 Å². The number of halogens is 1. The van der Waals surface area contributed by atoms with Gasteiger partial charge in [0.2, 0.25) is 11.8 Å². The summed E-state index contributed by atoms with van der Waals surface area (Å²) < 4.78 is 1.12. The largest absolute Gasteiger partial charge is 0.326 e. The molecule has 0 aliphatic heterocycles. The second kappa shape index (κ2) is 6.01. The van der Waals surface area contributed by atoms with Crippen molar-refractivity contribution in [3.05, 3.63) is 18.2 Å². The number of amides is 2. The summed E-state index contributed by atoms with van der Waals surface area (Å²) in [6.07, 6.45) is 6.68. The molecule has 27 heavy (non-hydrogen) atoms. The first-order valence-corrected chi connectivity index (χ1v) is 11.1. The highest BCUT2D eigenvalue weighted by atomic mass is 79.9. The van der Waals surface area contributed by atoms with E-state index in [1.54, 1.807) is 0 Å². The summed E-state index contributed by atoms with van der Waals surface area (Å²) in [6, 6.07) is 5.62. The second-order valence-corrected chi connectivity index (χ2v) is 11.4. The number of hydrogen-bond acceptors (Lipinski definition) is 4. The van der Waals surface area contributed by atoms with Crippen LogP contribution < -0.4 is 10.6 Å². The smallest absolute Gasteiger partial charge is 0.232 e. The van der Waals surface area contributed by atoms with Gasteiger partial charge in [-0.1, -0.05) is 27.3 Å². The normalized spacial score (nSPS) is 34.0. The number of rotatable bonds is 3. The van der Waals surface area contributed by atoms with E-state index in [-0.39, 0.29) is 21.6 Å². The molecule has 0 spiro atoms. The molecule has 1 aromatic heterocycles. The summed E-state index contributed by atoms with van der Waals surface area (Å²) in [5, 5.41) is 6.56. The number of anilines is 2. The maximum atomic E-state index is 13.3. The lowest BCUT2D eigenvalue weighted by atomic mass is 9.49. The zero-order chi connectivity index (χ0) is 18.8. The number of carbonyl (C=O) groups is 2. The van der Waals surface area contributed by atoms with Gasteiger partial charge in [-0.05, 0) is 68.6 Å². The zero-order valence-electron chi connectivity index (χ0n) is 15.2. The Morgan fingerprint density at radius 3 is 2.59 bits per heavy atom. The Hall–Kier alpha value is -1.47. The number of carbonyl (C=O) groups excluding carboxylic acids is 2. The first-order chi connectivity index (χ1) is 12.8. The third-order valence-electron chi connectivity index (χ3n) is 6.40. The number of aromatic nitrogens is 1. The molecular formula is C20H22BrN3O2S. The average molecular weight is 448 g/mol. The number of fused-ring (bicyclic) bond motifs is 1. The zero-order valence-corrected chi connectivity index (χ0v) is 17.6. The minimum absolute atomic E-state index is 0.0992. The Labute approximate surface area is 170 Å². The third-order valence-corrected chi connectivity index (χ3v) is 8.26. The van der Waals surface area contributed by atoms with Crippen molar-refractivity contribution in [2.24, 2.45) is 17.3 Å². The summed E-state index contributed by atoms with van der Waals surface area (Å²) in [6.45, 7) is 1.49. The molecular weight excluding hydrogens is 426 g/mol. The van der Waals surface area contributed by atoms with Crippen LogP contribution in [0.3, 0.4) is 0 Å². The van der Waals surface area contributed by atoms with Crippen molar-refractivity contribution in [3.8, 4) is 0 Å². The minimum atomic E-state index is -0.243. The molecule has 6 rings (SSSR count). The summed E-state index contributed by atoms with van der Waals surface area (Å²) in [4.78, 5) is 29.1. The molecule has 2 unspecified atom stereocenters. The molecule has 2 atom stereocenters. The van der Waals surface area contributed by atoms with Crippen molar-refractivity contribution in [3.63, 3.8) is 0 Å². The molecule has 2 amide bonds. The highest BCUT2D eigenvalue weighted by Crippen LogP contribution is 2.64. The molecule has 4 saturated carbocycles. The number of nitrogens with one attached hydrogen (secondary N) is 2. The maximum Gasteiger partial charge on any atom is 0.232 e. The van der Waals surface area contributed by atoms with E-state index in [1.807, 2.05) is 18.2 Å². The molecule has 4 fully saturated rings.